The summed E-state index contributed by atoms with van der Waals surface area (Å²) < 4.78 is 42.0. The van der Waals surface area contributed by atoms with Crippen LogP contribution in [0.4, 0.5) is 19.1 Å². The van der Waals surface area contributed by atoms with Gasteiger partial charge in [-0.1, -0.05) is 6.07 Å². The van der Waals surface area contributed by atoms with Crippen molar-refractivity contribution in [2.24, 2.45) is 0 Å². The van der Waals surface area contributed by atoms with E-state index in [2.05, 4.69) is 4.98 Å². The van der Waals surface area contributed by atoms with Crippen LogP contribution < -0.4 is 5.73 Å². The van der Waals surface area contributed by atoms with Crippen LogP contribution in [-0.4, -0.2) is 9.55 Å². The van der Waals surface area contributed by atoms with Gasteiger partial charge in [0.25, 0.3) is 0 Å². The zero-order valence-electron chi connectivity index (χ0n) is 10.5. The Morgan fingerprint density at radius 3 is 2.60 bits per heavy atom. The van der Waals surface area contributed by atoms with Crippen LogP contribution in [0.3, 0.4) is 0 Å². The van der Waals surface area contributed by atoms with E-state index in [1.54, 1.807) is 6.92 Å². The highest BCUT2D eigenvalue weighted by atomic mass is 19.2. The van der Waals surface area contributed by atoms with Crippen LogP contribution in [0.5, 0.6) is 0 Å². The fraction of sp³-hybridized carbons (Fsp3) is 0.0714. The van der Waals surface area contributed by atoms with Gasteiger partial charge in [0.05, 0.1) is 16.7 Å². The first-order chi connectivity index (χ1) is 9.49. The number of aryl methyl sites for hydroxylation is 1. The van der Waals surface area contributed by atoms with E-state index < -0.39 is 17.5 Å². The molecule has 0 amide bonds. The van der Waals surface area contributed by atoms with Gasteiger partial charge in [-0.05, 0) is 30.7 Å². The third-order valence-corrected chi connectivity index (χ3v) is 3.13. The minimum absolute atomic E-state index is 0.0329. The SMILES string of the molecule is Cc1cc2c(cc1F)nc(N)n2-c1cccc(F)c1F. The monoisotopic (exact) mass is 277 g/mol. The average Bonchev–Trinajstić information content (AvgIpc) is 2.69. The maximum absolute atomic E-state index is 13.9. The van der Waals surface area contributed by atoms with Gasteiger partial charge in [0.1, 0.15) is 5.82 Å². The van der Waals surface area contributed by atoms with Gasteiger partial charge in [0, 0.05) is 6.07 Å². The van der Waals surface area contributed by atoms with E-state index in [9.17, 15) is 13.2 Å². The lowest BCUT2D eigenvalue weighted by atomic mass is 10.2. The number of rotatable bonds is 1. The molecule has 20 heavy (non-hydrogen) atoms. The second kappa shape index (κ2) is 4.26. The van der Waals surface area contributed by atoms with Gasteiger partial charge in [-0.2, -0.15) is 0 Å². The Kier molecular flexibility index (Phi) is 2.67. The van der Waals surface area contributed by atoms with Crippen LogP contribution in [0.1, 0.15) is 5.56 Å². The fourth-order valence-electron chi connectivity index (χ4n) is 2.14. The van der Waals surface area contributed by atoms with E-state index in [-0.39, 0.29) is 17.2 Å². The van der Waals surface area contributed by atoms with Crippen LogP contribution in [0.2, 0.25) is 0 Å². The molecule has 3 nitrogen and oxygen atoms in total. The predicted molar refractivity (Wildman–Crippen MR) is 70.1 cm³/mol. The number of nitrogen functional groups attached to an aromatic ring is 1. The van der Waals surface area contributed by atoms with Crippen molar-refractivity contribution in [3.8, 4) is 5.69 Å². The Morgan fingerprint density at radius 1 is 1.10 bits per heavy atom. The highest BCUT2D eigenvalue weighted by Gasteiger charge is 2.17. The van der Waals surface area contributed by atoms with Crippen molar-refractivity contribution >= 4 is 17.0 Å². The maximum Gasteiger partial charge on any atom is 0.206 e. The summed E-state index contributed by atoms with van der Waals surface area (Å²) in [5.74, 6) is -2.47. The number of halogens is 3. The van der Waals surface area contributed by atoms with E-state index >= 15 is 0 Å². The van der Waals surface area contributed by atoms with Gasteiger partial charge < -0.3 is 5.73 Å². The lowest BCUT2D eigenvalue weighted by molar-refractivity contribution is 0.505. The van der Waals surface area contributed by atoms with E-state index in [4.69, 9.17) is 5.73 Å². The molecule has 0 bridgehead atoms. The summed E-state index contributed by atoms with van der Waals surface area (Å²) in [5.41, 5.74) is 6.76. The molecule has 1 heterocycles. The minimum atomic E-state index is -1.03. The second-order valence-corrected chi connectivity index (χ2v) is 4.47. The first kappa shape index (κ1) is 12.5. The molecule has 0 fully saturated rings. The number of anilines is 1. The Bertz CT molecular complexity index is 824. The molecule has 0 aliphatic heterocycles. The predicted octanol–water partition coefficient (Wildman–Crippen LogP) is 3.33. The Balaban J connectivity index is 2.39. The number of aromatic nitrogens is 2. The number of benzene rings is 2. The third-order valence-electron chi connectivity index (χ3n) is 3.13. The van der Waals surface area contributed by atoms with Crippen molar-refractivity contribution in [3.05, 3.63) is 53.3 Å². The quantitative estimate of drug-likeness (QED) is 0.741. The molecule has 102 valence electrons. The van der Waals surface area contributed by atoms with Gasteiger partial charge in [0.2, 0.25) is 5.95 Å². The first-order valence-corrected chi connectivity index (χ1v) is 5.87. The van der Waals surface area contributed by atoms with Crippen molar-refractivity contribution in [3.63, 3.8) is 0 Å². The zero-order valence-corrected chi connectivity index (χ0v) is 10.5. The summed E-state index contributed by atoms with van der Waals surface area (Å²) >= 11 is 0. The van der Waals surface area contributed by atoms with Gasteiger partial charge in [-0.15, -0.1) is 0 Å². The van der Waals surface area contributed by atoms with Crippen LogP contribution in [0.15, 0.2) is 30.3 Å². The van der Waals surface area contributed by atoms with Crippen molar-refractivity contribution in [1.82, 2.24) is 9.55 Å². The van der Waals surface area contributed by atoms with Crippen molar-refractivity contribution < 1.29 is 13.2 Å². The zero-order chi connectivity index (χ0) is 14.4. The molecule has 2 N–H and O–H groups in total. The smallest absolute Gasteiger partial charge is 0.206 e. The van der Waals surface area contributed by atoms with E-state index in [0.717, 1.165) is 6.07 Å². The number of nitrogens with zero attached hydrogens (tertiary/aromatic N) is 2. The summed E-state index contributed by atoms with van der Waals surface area (Å²) in [5, 5.41) is 0. The number of imidazole rings is 1. The molecule has 0 aliphatic rings. The molecule has 0 spiro atoms. The van der Waals surface area contributed by atoms with E-state index in [1.165, 1.54) is 28.8 Å². The Hall–Kier alpha value is -2.50. The van der Waals surface area contributed by atoms with Crippen molar-refractivity contribution in [2.45, 2.75) is 6.92 Å². The molecule has 0 atom stereocenters. The number of nitrogens with two attached hydrogens (primary N) is 1. The molecule has 1 aromatic heterocycles. The molecule has 2 aromatic carbocycles. The number of hydrogen-bond acceptors (Lipinski definition) is 2. The van der Waals surface area contributed by atoms with Gasteiger partial charge in [-0.25, -0.2) is 18.2 Å². The minimum Gasteiger partial charge on any atom is -0.369 e. The summed E-state index contributed by atoms with van der Waals surface area (Å²) in [6.07, 6.45) is 0. The van der Waals surface area contributed by atoms with Crippen molar-refractivity contribution in [1.29, 1.82) is 0 Å². The van der Waals surface area contributed by atoms with Crippen LogP contribution in [-0.2, 0) is 0 Å². The molecular weight excluding hydrogens is 267 g/mol. The molecule has 0 saturated heterocycles. The maximum atomic E-state index is 13.9. The fourth-order valence-corrected chi connectivity index (χ4v) is 2.14. The van der Waals surface area contributed by atoms with Gasteiger partial charge >= 0.3 is 0 Å². The Labute approximate surface area is 112 Å². The van der Waals surface area contributed by atoms with Gasteiger partial charge in [-0.3, -0.25) is 4.57 Å². The molecule has 0 saturated carbocycles. The summed E-state index contributed by atoms with van der Waals surface area (Å²) in [6, 6.07) is 6.48. The topological polar surface area (TPSA) is 43.8 Å². The lowest BCUT2D eigenvalue weighted by Crippen LogP contribution is -2.04. The van der Waals surface area contributed by atoms with Crippen LogP contribution >= 0.6 is 0 Å². The summed E-state index contributed by atoms with van der Waals surface area (Å²) in [7, 11) is 0. The molecule has 6 heteroatoms. The molecule has 0 radical (unpaired) electrons. The summed E-state index contributed by atoms with van der Waals surface area (Å²) in [6.45, 7) is 1.57. The summed E-state index contributed by atoms with van der Waals surface area (Å²) in [4.78, 5) is 3.97. The Morgan fingerprint density at radius 2 is 1.85 bits per heavy atom. The highest BCUT2D eigenvalue weighted by molar-refractivity contribution is 5.81. The highest BCUT2D eigenvalue weighted by Crippen LogP contribution is 2.27. The molecular formula is C14H10F3N3. The molecule has 0 aliphatic carbocycles. The second-order valence-electron chi connectivity index (χ2n) is 4.47. The first-order valence-electron chi connectivity index (χ1n) is 5.87. The standard InChI is InChI=1S/C14H10F3N3/c1-7-5-12-10(6-9(7)16)19-14(18)20(12)11-4-2-3-8(15)13(11)17/h2-6H,1H3,(H2,18,19). The normalized spacial score (nSPS) is 11.2. The van der Waals surface area contributed by atoms with E-state index in [1.807, 2.05) is 0 Å². The third kappa shape index (κ3) is 1.72. The van der Waals surface area contributed by atoms with Crippen molar-refractivity contribution in [2.75, 3.05) is 5.73 Å². The van der Waals surface area contributed by atoms with Crippen LogP contribution in [0, 0.1) is 24.4 Å². The molecule has 3 rings (SSSR count). The number of fused-ring (bicyclic) bond motifs is 1. The molecule has 3 aromatic rings. The molecule has 0 unspecified atom stereocenters. The number of hydrogen-bond donors (Lipinski definition) is 1. The van der Waals surface area contributed by atoms with E-state index in [0.29, 0.717) is 11.1 Å². The van der Waals surface area contributed by atoms with Crippen LogP contribution in [0.25, 0.3) is 16.7 Å². The average molecular weight is 277 g/mol. The largest absolute Gasteiger partial charge is 0.369 e. The van der Waals surface area contributed by atoms with Gasteiger partial charge in [0.15, 0.2) is 11.6 Å². The lowest BCUT2D eigenvalue weighted by Gasteiger charge is -2.08.